The normalized spacial score (nSPS) is 19.4. The number of aromatic nitrogens is 2. The highest BCUT2D eigenvalue weighted by Crippen LogP contribution is 2.28. The highest BCUT2D eigenvalue weighted by molar-refractivity contribution is 7.86. The van der Waals surface area contributed by atoms with Crippen LogP contribution in [0.2, 0.25) is 0 Å². The van der Waals surface area contributed by atoms with Gasteiger partial charge in [0.15, 0.2) is 5.82 Å². The second kappa shape index (κ2) is 6.16. The van der Waals surface area contributed by atoms with Crippen LogP contribution in [0.4, 0.5) is 6.01 Å². The zero-order chi connectivity index (χ0) is 16.5. The van der Waals surface area contributed by atoms with Gasteiger partial charge in [0.2, 0.25) is 0 Å². The van der Waals surface area contributed by atoms with Crippen LogP contribution in [0, 0.1) is 5.92 Å². The fourth-order valence-corrected chi connectivity index (χ4v) is 3.27. The molecule has 1 atom stereocenters. The Kier molecular flexibility index (Phi) is 4.81. The summed E-state index contributed by atoms with van der Waals surface area (Å²) in [6, 6.07) is 0.542. The summed E-state index contributed by atoms with van der Waals surface area (Å²) in [5.74, 6) is 0.911. The van der Waals surface area contributed by atoms with E-state index in [1.165, 1.54) is 0 Å². The first-order valence-electron chi connectivity index (χ1n) is 7.53. The number of rotatable bonds is 4. The average Bonchev–Trinajstić information content (AvgIpc) is 2.86. The molecular weight excluding hydrogens is 306 g/mol. The van der Waals surface area contributed by atoms with Crippen molar-refractivity contribution in [2.75, 3.05) is 24.2 Å². The maximum absolute atomic E-state index is 11.2. The standard InChI is InChI=1S/C14H25N3O4S/c1-10(21-22(5,18)19)11-6-8-17(9-7-11)13-15-12(16-20-13)14(2,3)4/h10-11H,6-9H2,1-5H3. The Morgan fingerprint density at radius 1 is 1.32 bits per heavy atom. The van der Waals surface area contributed by atoms with Crippen molar-refractivity contribution in [3.05, 3.63) is 5.82 Å². The minimum atomic E-state index is -3.41. The lowest BCUT2D eigenvalue weighted by molar-refractivity contribution is 0.140. The van der Waals surface area contributed by atoms with E-state index < -0.39 is 10.1 Å². The third-order valence-corrected chi connectivity index (χ3v) is 4.54. The predicted octanol–water partition coefficient (Wildman–Crippen LogP) is 1.95. The summed E-state index contributed by atoms with van der Waals surface area (Å²) in [7, 11) is -3.41. The second-order valence-corrected chi connectivity index (χ2v) is 8.58. The Bertz CT molecular complexity index is 598. The van der Waals surface area contributed by atoms with Gasteiger partial charge >= 0.3 is 6.01 Å². The third kappa shape index (κ3) is 4.42. The van der Waals surface area contributed by atoms with Crippen molar-refractivity contribution < 1.29 is 17.1 Å². The molecule has 1 aliphatic heterocycles. The number of hydrogen-bond donors (Lipinski definition) is 0. The lowest BCUT2D eigenvalue weighted by Gasteiger charge is -2.33. The molecule has 1 fully saturated rings. The monoisotopic (exact) mass is 331 g/mol. The highest BCUT2D eigenvalue weighted by Gasteiger charge is 2.29. The molecule has 0 bridgehead atoms. The van der Waals surface area contributed by atoms with E-state index >= 15 is 0 Å². The lowest BCUT2D eigenvalue weighted by Crippen LogP contribution is -2.38. The van der Waals surface area contributed by atoms with Gasteiger partial charge in [-0.2, -0.15) is 13.4 Å². The maximum Gasteiger partial charge on any atom is 0.324 e. The minimum Gasteiger partial charge on any atom is -0.324 e. The van der Waals surface area contributed by atoms with Gasteiger partial charge in [-0.1, -0.05) is 25.9 Å². The van der Waals surface area contributed by atoms with Gasteiger partial charge in [0.05, 0.1) is 12.4 Å². The molecule has 0 aromatic carbocycles. The fourth-order valence-electron chi connectivity index (χ4n) is 2.56. The molecule has 7 nitrogen and oxygen atoms in total. The Labute approximate surface area is 132 Å². The van der Waals surface area contributed by atoms with Crippen LogP contribution in [0.1, 0.15) is 46.4 Å². The van der Waals surface area contributed by atoms with Gasteiger partial charge in [-0.25, -0.2) is 0 Å². The van der Waals surface area contributed by atoms with Gasteiger partial charge < -0.3 is 9.42 Å². The van der Waals surface area contributed by atoms with Crippen molar-refractivity contribution in [2.24, 2.45) is 5.92 Å². The average molecular weight is 331 g/mol. The van der Waals surface area contributed by atoms with Gasteiger partial charge in [-0.15, -0.1) is 0 Å². The first-order chi connectivity index (χ1) is 10.1. The quantitative estimate of drug-likeness (QED) is 0.779. The molecule has 1 aromatic rings. The van der Waals surface area contributed by atoms with Crippen molar-refractivity contribution in [3.63, 3.8) is 0 Å². The first kappa shape index (κ1) is 17.2. The van der Waals surface area contributed by atoms with Crippen LogP contribution in [0.15, 0.2) is 4.52 Å². The molecule has 1 saturated heterocycles. The van der Waals surface area contributed by atoms with E-state index in [4.69, 9.17) is 8.71 Å². The molecule has 2 heterocycles. The SMILES string of the molecule is CC(OS(C)(=O)=O)C1CCN(c2nc(C(C)(C)C)no2)CC1. The summed E-state index contributed by atoms with van der Waals surface area (Å²) >= 11 is 0. The minimum absolute atomic E-state index is 0.141. The molecule has 0 aliphatic carbocycles. The van der Waals surface area contributed by atoms with Crippen LogP contribution in [-0.4, -0.2) is 44.0 Å². The Hall–Kier alpha value is -1.15. The molecule has 126 valence electrons. The molecule has 0 radical (unpaired) electrons. The molecule has 2 rings (SSSR count). The summed E-state index contributed by atoms with van der Waals surface area (Å²) in [6.07, 6.45) is 2.46. The number of piperidine rings is 1. The van der Waals surface area contributed by atoms with Crippen LogP contribution >= 0.6 is 0 Å². The van der Waals surface area contributed by atoms with Crippen LogP contribution in [0.5, 0.6) is 0 Å². The van der Waals surface area contributed by atoms with Crippen LogP contribution < -0.4 is 4.90 Å². The van der Waals surface area contributed by atoms with Gasteiger partial charge in [-0.3, -0.25) is 4.18 Å². The van der Waals surface area contributed by atoms with E-state index in [9.17, 15) is 8.42 Å². The van der Waals surface area contributed by atoms with E-state index in [0.29, 0.717) is 11.8 Å². The molecule has 1 aromatic heterocycles. The van der Waals surface area contributed by atoms with Gasteiger partial charge in [0.25, 0.3) is 10.1 Å². The topological polar surface area (TPSA) is 85.5 Å². The summed E-state index contributed by atoms with van der Waals surface area (Å²) in [6.45, 7) is 9.45. The first-order valence-corrected chi connectivity index (χ1v) is 9.35. The Morgan fingerprint density at radius 2 is 1.91 bits per heavy atom. The zero-order valence-corrected chi connectivity index (χ0v) is 14.7. The van der Waals surface area contributed by atoms with E-state index in [-0.39, 0.29) is 17.4 Å². The van der Waals surface area contributed by atoms with Crippen LogP contribution in [0.25, 0.3) is 0 Å². The van der Waals surface area contributed by atoms with Gasteiger partial charge in [0.1, 0.15) is 0 Å². The predicted molar refractivity (Wildman–Crippen MR) is 83.3 cm³/mol. The molecule has 0 N–H and O–H groups in total. The number of anilines is 1. The Morgan fingerprint density at radius 3 is 2.36 bits per heavy atom. The fraction of sp³-hybridized carbons (Fsp3) is 0.857. The molecule has 0 saturated carbocycles. The molecular formula is C14H25N3O4S. The second-order valence-electron chi connectivity index (χ2n) is 6.98. The molecule has 0 amide bonds. The zero-order valence-electron chi connectivity index (χ0n) is 13.9. The van der Waals surface area contributed by atoms with Gasteiger partial charge in [0, 0.05) is 18.5 Å². The largest absolute Gasteiger partial charge is 0.324 e. The van der Waals surface area contributed by atoms with Crippen molar-refractivity contribution in [1.29, 1.82) is 0 Å². The van der Waals surface area contributed by atoms with Crippen LogP contribution in [0.3, 0.4) is 0 Å². The van der Waals surface area contributed by atoms with Crippen molar-refractivity contribution in [2.45, 2.75) is 52.1 Å². The lowest BCUT2D eigenvalue weighted by atomic mass is 9.92. The van der Waals surface area contributed by atoms with E-state index in [0.717, 1.165) is 32.2 Å². The number of nitrogens with zero attached hydrogens (tertiary/aromatic N) is 3. The number of hydrogen-bond acceptors (Lipinski definition) is 7. The molecule has 8 heteroatoms. The van der Waals surface area contributed by atoms with Crippen molar-refractivity contribution in [1.82, 2.24) is 10.1 Å². The van der Waals surface area contributed by atoms with Crippen molar-refractivity contribution in [3.8, 4) is 0 Å². The van der Waals surface area contributed by atoms with Crippen molar-refractivity contribution >= 4 is 16.1 Å². The highest BCUT2D eigenvalue weighted by atomic mass is 32.2. The molecule has 0 spiro atoms. The summed E-state index contributed by atoms with van der Waals surface area (Å²) in [5, 5.41) is 4.03. The summed E-state index contributed by atoms with van der Waals surface area (Å²) < 4.78 is 32.8. The molecule has 1 unspecified atom stereocenters. The van der Waals surface area contributed by atoms with E-state index in [1.54, 1.807) is 0 Å². The summed E-state index contributed by atoms with van der Waals surface area (Å²) in [4.78, 5) is 6.50. The smallest absolute Gasteiger partial charge is 0.324 e. The third-order valence-electron chi connectivity index (χ3n) is 3.89. The molecule has 22 heavy (non-hydrogen) atoms. The van der Waals surface area contributed by atoms with E-state index in [1.807, 2.05) is 32.6 Å². The Balaban J connectivity index is 1.93. The van der Waals surface area contributed by atoms with E-state index in [2.05, 4.69) is 10.1 Å². The molecule has 1 aliphatic rings. The maximum atomic E-state index is 11.2. The van der Waals surface area contributed by atoms with Gasteiger partial charge in [-0.05, 0) is 25.7 Å². The van der Waals surface area contributed by atoms with Crippen LogP contribution in [-0.2, 0) is 19.7 Å². The summed E-state index contributed by atoms with van der Waals surface area (Å²) in [5.41, 5.74) is -0.141.